The normalized spacial score (nSPS) is 16.0. The fourth-order valence-electron chi connectivity index (χ4n) is 2.43. The molecule has 1 heterocycles. The van der Waals surface area contributed by atoms with Crippen LogP contribution in [-0.2, 0) is 4.74 Å². The van der Waals surface area contributed by atoms with Gasteiger partial charge in [-0.3, -0.25) is 4.79 Å². The maximum absolute atomic E-state index is 13.6. The molecule has 21 heavy (non-hydrogen) atoms. The van der Waals surface area contributed by atoms with Crippen LogP contribution in [0.1, 0.15) is 23.2 Å². The van der Waals surface area contributed by atoms with Crippen molar-refractivity contribution in [3.63, 3.8) is 0 Å². The van der Waals surface area contributed by atoms with Gasteiger partial charge in [-0.25, -0.2) is 4.39 Å². The van der Waals surface area contributed by atoms with Gasteiger partial charge in [-0.15, -0.1) is 0 Å². The summed E-state index contributed by atoms with van der Waals surface area (Å²) < 4.78 is 23.9. The molecule has 0 aliphatic carbocycles. The smallest absolute Gasteiger partial charge is 0.253 e. The SMILES string of the molecule is COc1ccc(C(=O)N2CCC(OCCO)CC2)cc1F. The van der Waals surface area contributed by atoms with Crippen LogP contribution in [0.4, 0.5) is 4.39 Å². The number of hydrogen-bond donors (Lipinski definition) is 1. The zero-order valence-corrected chi connectivity index (χ0v) is 12.0. The number of aliphatic hydroxyl groups is 1. The first-order chi connectivity index (χ1) is 10.2. The number of methoxy groups -OCH3 is 1. The van der Waals surface area contributed by atoms with E-state index in [0.29, 0.717) is 25.3 Å². The van der Waals surface area contributed by atoms with E-state index in [1.807, 2.05) is 0 Å². The van der Waals surface area contributed by atoms with Gasteiger partial charge in [0.1, 0.15) is 0 Å². The molecular formula is C15H20FNO4. The Morgan fingerprint density at radius 2 is 2.14 bits per heavy atom. The van der Waals surface area contributed by atoms with E-state index in [-0.39, 0.29) is 24.4 Å². The molecule has 1 fully saturated rings. The highest BCUT2D eigenvalue weighted by Crippen LogP contribution is 2.21. The van der Waals surface area contributed by atoms with E-state index in [4.69, 9.17) is 14.6 Å². The van der Waals surface area contributed by atoms with E-state index in [0.717, 1.165) is 12.8 Å². The molecule has 0 spiro atoms. The number of nitrogens with zero attached hydrogens (tertiary/aromatic N) is 1. The standard InChI is InChI=1S/C15H20FNO4/c1-20-14-3-2-11(10-13(14)16)15(19)17-6-4-12(5-7-17)21-9-8-18/h2-3,10,12,18H,4-9H2,1H3. The molecule has 1 aromatic carbocycles. The van der Waals surface area contributed by atoms with Crippen LogP contribution in [0.5, 0.6) is 5.75 Å². The zero-order chi connectivity index (χ0) is 15.2. The largest absolute Gasteiger partial charge is 0.494 e. The molecule has 2 rings (SSSR count). The number of aliphatic hydroxyl groups excluding tert-OH is 1. The topological polar surface area (TPSA) is 59.0 Å². The number of carbonyl (C=O) groups excluding carboxylic acids is 1. The van der Waals surface area contributed by atoms with Gasteiger partial charge in [0.25, 0.3) is 5.91 Å². The minimum atomic E-state index is -0.537. The van der Waals surface area contributed by atoms with Crippen LogP contribution in [0, 0.1) is 5.82 Å². The Morgan fingerprint density at radius 3 is 2.71 bits per heavy atom. The van der Waals surface area contributed by atoms with Crippen LogP contribution in [-0.4, -0.2) is 55.4 Å². The summed E-state index contributed by atoms with van der Waals surface area (Å²) in [5.41, 5.74) is 0.322. The molecule has 0 bridgehead atoms. The highest BCUT2D eigenvalue weighted by molar-refractivity contribution is 5.94. The molecule has 0 aromatic heterocycles. The summed E-state index contributed by atoms with van der Waals surface area (Å²) in [4.78, 5) is 14.0. The lowest BCUT2D eigenvalue weighted by atomic mass is 10.1. The molecule has 5 nitrogen and oxygen atoms in total. The number of amides is 1. The van der Waals surface area contributed by atoms with Crippen molar-refractivity contribution in [2.75, 3.05) is 33.4 Å². The van der Waals surface area contributed by atoms with Gasteiger partial charge < -0.3 is 19.5 Å². The Bertz CT molecular complexity index is 487. The van der Waals surface area contributed by atoms with Crippen molar-refractivity contribution < 1.29 is 23.8 Å². The minimum Gasteiger partial charge on any atom is -0.494 e. The van der Waals surface area contributed by atoms with Gasteiger partial charge in [-0.2, -0.15) is 0 Å². The summed E-state index contributed by atoms with van der Waals surface area (Å²) in [6.07, 6.45) is 1.53. The van der Waals surface area contributed by atoms with Gasteiger partial charge in [0, 0.05) is 18.7 Å². The first-order valence-electron chi connectivity index (χ1n) is 7.01. The van der Waals surface area contributed by atoms with Crippen LogP contribution in [0.2, 0.25) is 0 Å². The summed E-state index contributed by atoms with van der Waals surface area (Å²) in [7, 11) is 1.39. The zero-order valence-electron chi connectivity index (χ0n) is 12.0. The number of rotatable bonds is 5. The Labute approximate surface area is 123 Å². The molecule has 1 aliphatic rings. The number of piperidine rings is 1. The average molecular weight is 297 g/mol. The maximum Gasteiger partial charge on any atom is 0.253 e. The second kappa shape index (κ2) is 7.38. The van der Waals surface area contributed by atoms with Crippen LogP contribution < -0.4 is 4.74 Å². The fraction of sp³-hybridized carbons (Fsp3) is 0.533. The van der Waals surface area contributed by atoms with Crippen molar-refractivity contribution in [3.05, 3.63) is 29.6 Å². The van der Waals surface area contributed by atoms with Crippen molar-refractivity contribution >= 4 is 5.91 Å². The summed E-state index contributed by atoms with van der Waals surface area (Å²) in [5.74, 6) is -0.593. The number of ether oxygens (including phenoxy) is 2. The number of halogens is 1. The Balaban J connectivity index is 1.94. The summed E-state index contributed by atoms with van der Waals surface area (Å²) in [6.45, 7) is 1.47. The molecule has 0 atom stereocenters. The van der Waals surface area contributed by atoms with Crippen LogP contribution >= 0.6 is 0 Å². The molecule has 1 N–H and O–H groups in total. The van der Waals surface area contributed by atoms with Crippen molar-refractivity contribution in [2.45, 2.75) is 18.9 Å². The molecule has 0 unspecified atom stereocenters. The third-order valence-electron chi connectivity index (χ3n) is 3.57. The van der Waals surface area contributed by atoms with E-state index in [9.17, 15) is 9.18 Å². The predicted octanol–water partition coefficient (Wildman–Crippen LogP) is 1.45. The average Bonchev–Trinajstić information content (AvgIpc) is 2.52. The lowest BCUT2D eigenvalue weighted by molar-refractivity contribution is -0.00555. The monoisotopic (exact) mass is 297 g/mol. The highest BCUT2D eigenvalue weighted by Gasteiger charge is 2.24. The third kappa shape index (κ3) is 3.92. The van der Waals surface area contributed by atoms with Crippen molar-refractivity contribution in [1.82, 2.24) is 4.90 Å². The molecule has 1 aliphatic heterocycles. The summed E-state index contributed by atoms with van der Waals surface area (Å²) in [6, 6.07) is 4.23. The molecular weight excluding hydrogens is 277 g/mol. The second-order valence-electron chi connectivity index (χ2n) is 4.94. The van der Waals surface area contributed by atoms with E-state index >= 15 is 0 Å². The quantitative estimate of drug-likeness (QED) is 0.893. The maximum atomic E-state index is 13.6. The van der Waals surface area contributed by atoms with Gasteiger partial charge in [-0.1, -0.05) is 0 Å². The van der Waals surface area contributed by atoms with Crippen molar-refractivity contribution in [2.24, 2.45) is 0 Å². The van der Waals surface area contributed by atoms with Crippen LogP contribution in [0.25, 0.3) is 0 Å². The number of likely N-dealkylation sites (tertiary alicyclic amines) is 1. The van der Waals surface area contributed by atoms with Crippen molar-refractivity contribution in [1.29, 1.82) is 0 Å². The van der Waals surface area contributed by atoms with Gasteiger partial charge in [0.2, 0.25) is 0 Å². The van der Waals surface area contributed by atoms with Crippen LogP contribution in [0.3, 0.4) is 0 Å². The minimum absolute atomic E-state index is 0.00424. The number of benzene rings is 1. The highest BCUT2D eigenvalue weighted by atomic mass is 19.1. The van der Waals surface area contributed by atoms with Crippen molar-refractivity contribution in [3.8, 4) is 5.75 Å². The Hall–Kier alpha value is -1.66. The molecule has 1 amide bonds. The van der Waals surface area contributed by atoms with E-state index in [1.54, 1.807) is 11.0 Å². The van der Waals surface area contributed by atoms with Crippen LogP contribution in [0.15, 0.2) is 18.2 Å². The van der Waals surface area contributed by atoms with E-state index in [2.05, 4.69) is 0 Å². The Morgan fingerprint density at radius 1 is 1.43 bits per heavy atom. The molecule has 1 saturated heterocycles. The lowest BCUT2D eigenvalue weighted by Crippen LogP contribution is -2.41. The lowest BCUT2D eigenvalue weighted by Gasteiger charge is -2.32. The molecule has 1 aromatic rings. The summed E-state index contributed by atoms with van der Waals surface area (Å²) in [5, 5.41) is 8.72. The summed E-state index contributed by atoms with van der Waals surface area (Å²) >= 11 is 0. The number of hydrogen-bond acceptors (Lipinski definition) is 4. The first-order valence-corrected chi connectivity index (χ1v) is 7.01. The predicted molar refractivity (Wildman–Crippen MR) is 74.9 cm³/mol. The fourth-order valence-corrected chi connectivity index (χ4v) is 2.43. The van der Waals surface area contributed by atoms with Gasteiger partial charge >= 0.3 is 0 Å². The van der Waals surface area contributed by atoms with E-state index < -0.39 is 5.82 Å². The van der Waals surface area contributed by atoms with Gasteiger partial charge in [0.05, 0.1) is 26.4 Å². The third-order valence-corrected chi connectivity index (χ3v) is 3.57. The molecule has 0 saturated carbocycles. The van der Waals surface area contributed by atoms with E-state index in [1.165, 1.54) is 19.2 Å². The number of carbonyl (C=O) groups is 1. The molecule has 0 radical (unpaired) electrons. The molecule has 116 valence electrons. The first kappa shape index (κ1) is 15.7. The Kier molecular flexibility index (Phi) is 5.52. The molecule has 6 heteroatoms. The van der Waals surface area contributed by atoms with Gasteiger partial charge in [-0.05, 0) is 31.0 Å². The second-order valence-corrected chi connectivity index (χ2v) is 4.94. The van der Waals surface area contributed by atoms with Gasteiger partial charge in [0.15, 0.2) is 11.6 Å².